The van der Waals surface area contributed by atoms with E-state index in [1.54, 1.807) is 49.7 Å². The second-order valence-corrected chi connectivity index (χ2v) is 5.59. The van der Waals surface area contributed by atoms with E-state index >= 15 is 0 Å². The first-order valence-corrected chi connectivity index (χ1v) is 7.94. The van der Waals surface area contributed by atoms with Gasteiger partial charge in [0.15, 0.2) is 0 Å². The number of rotatable bonds is 6. The van der Waals surface area contributed by atoms with Crippen LogP contribution in [0.15, 0.2) is 54.7 Å². The number of benzene rings is 2. The highest BCUT2D eigenvalue weighted by molar-refractivity contribution is 6.32. The van der Waals surface area contributed by atoms with Gasteiger partial charge in [-0.1, -0.05) is 29.8 Å². The van der Waals surface area contributed by atoms with E-state index in [-0.39, 0.29) is 5.82 Å². The molecule has 1 heterocycles. The summed E-state index contributed by atoms with van der Waals surface area (Å²) in [5.74, 6) is 1.32. The number of halogens is 2. The maximum atomic E-state index is 13.6. The van der Waals surface area contributed by atoms with Gasteiger partial charge in [0.1, 0.15) is 17.4 Å². The Kier molecular flexibility index (Phi) is 5.30. The van der Waals surface area contributed by atoms with Crippen molar-refractivity contribution in [2.75, 3.05) is 17.7 Å². The van der Waals surface area contributed by atoms with Gasteiger partial charge in [-0.2, -0.15) is 4.98 Å². The van der Waals surface area contributed by atoms with Gasteiger partial charge in [-0.25, -0.2) is 9.37 Å². The van der Waals surface area contributed by atoms with Gasteiger partial charge in [-0.05, 0) is 30.3 Å². The van der Waals surface area contributed by atoms with E-state index < -0.39 is 0 Å². The van der Waals surface area contributed by atoms with Crippen molar-refractivity contribution in [3.8, 4) is 5.75 Å². The lowest BCUT2D eigenvalue weighted by molar-refractivity contribution is 0.415. The van der Waals surface area contributed by atoms with E-state index in [9.17, 15) is 4.39 Å². The van der Waals surface area contributed by atoms with Gasteiger partial charge in [0.2, 0.25) is 5.95 Å². The van der Waals surface area contributed by atoms with E-state index in [1.165, 1.54) is 6.07 Å². The molecular formula is C18H16ClFN4O. The van der Waals surface area contributed by atoms with Crippen LogP contribution >= 0.6 is 11.6 Å². The number of aromatic nitrogens is 2. The van der Waals surface area contributed by atoms with Crippen LogP contribution in [0.25, 0.3) is 0 Å². The summed E-state index contributed by atoms with van der Waals surface area (Å²) in [6.45, 7) is 0.296. The number of hydrogen-bond donors (Lipinski definition) is 2. The van der Waals surface area contributed by atoms with Crippen LogP contribution in [-0.2, 0) is 6.54 Å². The van der Waals surface area contributed by atoms with Crippen LogP contribution < -0.4 is 15.4 Å². The van der Waals surface area contributed by atoms with Crippen LogP contribution in [-0.4, -0.2) is 17.1 Å². The third-order valence-corrected chi connectivity index (χ3v) is 3.77. The Labute approximate surface area is 149 Å². The summed E-state index contributed by atoms with van der Waals surface area (Å²) < 4.78 is 18.8. The molecule has 0 atom stereocenters. The monoisotopic (exact) mass is 358 g/mol. The van der Waals surface area contributed by atoms with Crippen molar-refractivity contribution in [3.63, 3.8) is 0 Å². The molecular weight excluding hydrogens is 343 g/mol. The molecule has 5 nitrogen and oxygen atoms in total. The Balaban J connectivity index is 1.69. The molecule has 0 bridgehead atoms. The normalized spacial score (nSPS) is 10.4. The van der Waals surface area contributed by atoms with Crippen LogP contribution in [0.2, 0.25) is 5.02 Å². The Hall–Kier alpha value is -2.86. The van der Waals surface area contributed by atoms with Crippen molar-refractivity contribution in [1.82, 2.24) is 9.97 Å². The topological polar surface area (TPSA) is 59.1 Å². The molecule has 2 aromatic carbocycles. The van der Waals surface area contributed by atoms with Crippen LogP contribution in [0.5, 0.6) is 5.75 Å². The first kappa shape index (κ1) is 17.0. The molecule has 128 valence electrons. The standard InChI is InChI=1S/C18H16ClFN4O/c1-25-16-7-6-13(10-14(16)19)23-17-8-9-21-18(24-17)22-11-12-4-2-3-5-15(12)20/h2-10H,11H2,1H3,(H2,21,22,23,24). The largest absolute Gasteiger partial charge is 0.495 e. The maximum Gasteiger partial charge on any atom is 0.224 e. The molecule has 1 aromatic heterocycles. The Morgan fingerprint density at radius 3 is 2.76 bits per heavy atom. The highest BCUT2D eigenvalue weighted by atomic mass is 35.5. The zero-order chi connectivity index (χ0) is 17.6. The summed E-state index contributed by atoms with van der Waals surface area (Å²) in [4.78, 5) is 8.49. The predicted molar refractivity (Wildman–Crippen MR) is 97.0 cm³/mol. The van der Waals surface area contributed by atoms with Gasteiger partial charge in [0.05, 0.1) is 12.1 Å². The molecule has 7 heteroatoms. The summed E-state index contributed by atoms with van der Waals surface area (Å²) in [6.07, 6.45) is 1.62. The fraction of sp³-hybridized carbons (Fsp3) is 0.111. The number of anilines is 3. The predicted octanol–water partition coefficient (Wildman–Crippen LogP) is 4.63. The van der Waals surface area contributed by atoms with Crippen molar-refractivity contribution < 1.29 is 9.13 Å². The van der Waals surface area contributed by atoms with Gasteiger partial charge >= 0.3 is 0 Å². The van der Waals surface area contributed by atoms with Gasteiger partial charge in [0, 0.05) is 24.0 Å². The molecule has 0 aliphatic carbocycles. The second-order valence-electron chi connectivity index (χ2n) is 5.18. The SMILES string of the molecule is COc1ccc(Nc2ccnc(NCc3ccccc3F)n2)cc1Cl. The number of nitrogens with one attached hydrogen (secondary N) is 2. The molecule has 25 heavy (non-hydrogen) atoms. The van der Waals surface area contributed by atoms with Gasteiger partial charge in [0.25, 0.3) is 0 Å². The Morgan fingerprint density at radius 1 is 1.16 bits per heavy atom. The number of ether oxygens (including phenoxy) is 1. The summed E-state index contributed by atoms with van der Waals surface area (Å²) in [7, 11) is 1.56. The molecule has 2 N–H and O–H groups in total. The molecule has 0 saturated carbocycles. The zero-order valence-electron chi connectivity index (χ0n) is 13.5. The van der Waals surface area contributed by atoms with Crippen LogP contribution in [0, 0.1) is 5.82 Å². The van der Waals surface area contributed by atoms with Crippen molar-refractivity contribution in [3.05, 3.63) is 71.1 Å². The molecule has 0 aliphatic heterocycles. The molecule has 3 rings (SSSR count). The number of hydrogen-bond acceptors (Lipinski definition) is 5. The average molecular weight is 359 g/mol. The fourth-order valence-corrected chi connectivity index (χ4v) is 2.48. The summed E-state index contributed by atoms with van der Waals surface area (Å²) in [5, 5.41) is 6.65. The van der Waals surface area contributed by atoms with Crippen molar-refractivity contribution in [2.24, 2.45) is 0 Å². The number of nitrogens with zero attached hydrogens (tertiary/aromatic N) is 2. The molecule has 0 aliphatic rings. The van der Waals surface area contributed by atoms with E-state index in [4.69, 9.17) is 16.3 Å². The van der Waals surface area contributed by atoms with Crippen molar-refractivity contribution >= 4 is 29.1 Å². The highest BCUT2D eigenvalue weighted by Gasteiger charge is 2.05. The minimum atomic E-state index is -0.267. The summed E-state index contributed by atoms with van der Waals surface area (Å²) in [5.41, 5.74) is 1.32. The van der Waals surface area contributed by atoms with E-state index in [2.05, 4.69) is 20.6 Å². The highest BCUT2D eigenvalue weighted by Crippen LogP contribution is 2.28. The quantitative estimate of drug-likeness (QED) is 0.672. The first-order valence-electron chi connectivity index (χ1n) is 7.56. The lowest BCUT2D eigenvalue weighted by Crippen LogP contribution is -2.06. The summed E-state index contributed by atoms with van der Waals surface area (Å²) >= 11 is 6.11. The van der Waals surface area contributed by atoms with Gasteiger partial charge in [-0.15, -0.1) is 0 Å². The minimum absolute atomic E-state index is 0.267. The Morgan fingerprint density at radius 2 is 2.00 bits per heavy atom. The number of methoxy groups -OCH3 is 1. The minimum Gasteiger partial charge on any atom is -0.495 e. The van der Waals surface area contributed by atoms with E-state index in [0.717, 1.165) is 5.69 Å². The third-order valence-electron chi connectivity index (χ3n) is 3.47. The van der Waals surface area contributed by atoms with Crippen molar-refractivity contribution in [1.29, 1.82) is 0 Å². The zero-order valence-corrected chi connectivity index (χ0v) is 14.2. The van der Waals surface area contributed by atoms with E-state index in [0.29, 0.717) is 34.6 Å². The van der Waals surface area contributed by atoms with Gasteiger partial charge < -0.3 is 15.4 Å². The Bertz CT molecular complexity index is 875. The smallest absolute Gasteiger partial charge is 0.224 e. The van der Waals surface area contributed by atoms with E-state index in [1.807, 2.05) is 6.07 Å². The lowest BCUT2D eigenvalue weighted by Gasteiger charge is -2.10. The van der Waals surface area contributed by atoms with Crippen LogP contribution in [0.3, 0.4) is 0 Å². The molecule has 3 aromatic rings. The maximum absolute atomic E-state index is 13.6. The average Bonchev–Trinajstić information content (AvgIpc) is 2.62. The van der Waals surface area contributed by atoms with Crippen LogP contribution in [0.1, 0.15) is 5.56 Å². The third kappa shape index (κ3) is 4.36. The first-order chi connectivity index (χ1) is 12.2. The molecule has 0 fully saturated rings. The molecule has 0 amide bonds. The lowest BCUT2D eigenvalue weighted by atomic mass is 10.2. The van der Waals surface area contributed by atoms with Crippen molar-refractivity contribution in [2.45, 2.75) is 6.54 Å². The second kappa shape index (κ2) is 7.81. The fourth-order valence-electron chi connectivity index (χ4n) is 2.22. The molecule has 0 spiro atoms. The van der Waals surface area contributed by atoms with Crippen LogP contribution in [0.4, 0.5) is 21.8 Å². The molecule has 0 saturated heterocycles. The molecule has 0 unspecified atom stereocenters. The molecule has 0 radical (unpaired) electrons. The van der Waals surface area contributed by atoms with Gasteiger partial charge in [-0.3, -0.25) is 0 Å². The summed E-state index contributed by atoms with van der Waals surface area (Å²) in [6, 6.07) is 13.6.